The molecule has 11 heteroatoms. The monoisotopic (exact) mass is 557 g/mol. The van der Waals surface area contributed by atoms with Gasteiger partial charge in [-0.15, -0.1) is 0 Å². The zero-order valence-electron chi connectivity index (χ0n) is 23.3. The van der Waals surface area contributed by atoms with Crippen LogP contribution < -0.4 is 5.73 Å². The van der Waals surface area contributed by atoms with Gasteiger partial charge in [0.1, 0.15) is 28.7 Å². The van der Waals surface area contributed by atoms with E-state index in [4.69, 9.17) is 5.73 Å². The number of hydrogen-bond donors (Lipinski definition) is 5. The Labute approximate surface area is 231 Å². The highest BCUT2D eigenvalue weighted by molar-refractivity contribution is 6.24. The van der Waals surface area contributed by atoms with Gasteiger partial charge in [0.15, 0.2) is 11.4 Å². The number of aliphatic hydroxyl groups excluding tert-OH is 2. The lowest BCUT2D eigenvalue weighted by Gasteiger charge is -2.50. The molecule has 40 heavy (non-hydrogen) atoms. The Bertz CT molecular complexity index is 1420. The largest absolute Gasteiger partial charge is 0.510 e. The third kappa shape index (κ3) is 3.89. The quantitative estimate of drug-likeness (QED) is 0.348. The predicted molar refractivity (Wildman–Crippen MR) is 142 cm³/mol. The van der Waals surface area contributed by atoms with Crippen LogP contribution in [0.5, 0.6) is 5.75 Å². The molecule has 10 nitrogen and oxygen atoms in total. The van der Waals surface area contributed by atoms with Crippen LogP contribution in [-0.4, -0.2) is 86.5 Å². The van der Waals surface area contributed by atoms with Crippen molar-refractivity contribution in [1.29, 1.82) is 0 Å². The van der Waals surface area contributed by atoms with Gasteiger partial charge in [0, 0.05) is 42.3 Å². The van der Waals surface area contributed by atoms with Crippen molar-refractivity contribution < 1.29 is 39.2 Å². The second kappa shape index (κ2) is 9.12. The van der Waals surface area contributed by atoms with Crippen LogP contribution in [0.2, 0.25) is 0 Å². The Morgan fingerprint density at radius 2 is 1.80 bits per heavy atom. The summed E-state index contributed by atoms with van der Waals surface area (Å²) in [6, 6.07) is -1.10. The van der Waals surface area contributed by atoms with Crippen LogP contribution in [0.1, 0.15) is 54.2 Å². The molecule has 0 unspecified atom stereocenters. The Balaban J connectivity index is 1.66. The Morgan fingerprint density at radius 1 is 1.15 bits per heavy atom. The van der Waals surface area contributed by atoms with Crippen molar-refractivity contribution in [2.24, 2.45) is 23.0 Å². The maximum atomic E-state index is 16.0. The zero-order valence-corrected chi connectivity index (χ0v) is 23.3. The lowest BCUT2D eigenvalue weighted by molar-refractivity contribution is -0.148. The van der Waals surface area contributed by atoms with Crippen LogP contribution in [0.4, 0.5) is 4.39 Å². The van der Waals surface area contributed by atoms with Gasteiger partial charge in [-0.3, -0.25) is 24.2 Å². The van der Waals surface area contributed by atoms with Gasteiger partial charge < -0.3 is 26.2 Å². The molecule has 1 amide bonds. The van der Waals surface area contributed by atoms with Gasteiger partial charge in [0.2, 0.25) is 5.78 Å². The number of phenolic OH excluding ortho intramolecular Hbond substituents is 1. The number of hydrogen-bond acceptors (Lipinski definition) is 9. The molecule has 0 aromatic heterocycles. The minimum atomic E-state index is -2.73. The fourth-order valence-corrected chi connectivity index (χ4v) is 7.26. The number of nitrogens with zero attached hydrogens (tertiary/aromatic N) is 2. The van der Waals surface area contributed by atoms with Crippen molar-refractivity contribution in [2.45, 2.75) is 58.2 Å². The van der Waals surface area contributed by atoms with Crippen LogP contribution in [-0.2, 0) is 29.0 Å². The SMILES string of the molecule is CN(C)[C@@H]1C(O)=C(C(N)=O)C(=O)[C@@]2(O)C(O)=C3C(=O)c4c(O)c5c(c(F)c4C[C@H]3C[C@@H]12)CCN(CC(C)(C)C)C5. The molecule has 0 spiro atoms. The first-order valence-electron chi connectivity index (χ1n) is 13.4. The second-order valence-corrected chi connectivity index (χ2v) is 13.0. The Hall–Kier alpha value is -3.28. The van der Waals surface area contributed by atoms with Crippen LogP contribution in [0.3, 0.4) is 0 Å². The van der Waals surface area contributed by atoms with E-state index in [-0.39, 0.29) is 47.3 Å². The first-order valence-corrected chi connectivity index (χ1v) is 13.4. The van der Waals surface area contributed by atoms with E-state index in [1.165, 1.54) is 4.90 Å². The number of benzene rings is 1. The minimum Gasteiger partial charge on any atom is -0.510 e. The number of primary amides is 1. The number of ketones is 2. The molecule has 0 radical (unpaired) electrons. The molecule has 1 heterocycles. The van der Waals surface area contributed by atoms with E-state index >= 15 is 4.39 Å². The van der Waals surface area contributed by atoms with E-state index in [2.05, 4.69) is 25.7 Å². The number of allylic oxidation sites excluding steroid dienone is 1. The van der Waals surface area contributed by atoms with Crippen LogP contribution >= 0.6 is 0 Å². The summed E-state index contributed by atoms with van der Waals surface area (Å²) < 4.78 is 16.0. The lowest BCUT2D eigenvalue weighted by atomic mass is 9.58. The molecule has 0 saturated carbocycles. The molecule has 4 atom stereocenters. The molecule has 0 fully saturated rings. The molecular formula is C29H36FN3O7. The van der Waals surface area contributed by atoms with Crippen molar-refractivity contribution in [1.82, 2.24) is 9.80 Å². The number of amides is 1. The molecule has 3 aliphatic carbocycles. The first kappa shape index (κ1) is 28.3. The van der Waals surface area contributed by atoms with Gasteiger partial charge in [-0.1, -0.05) is 20.8 Å². The molecule has 5 rings (SSSR count). The molecule has 1 aliphatic heterocycles. The summed E-state index contributed by atoms with van der Waals surface area (Å²) in [6.45, 7) is 7.74. The average molecular weight is 558 g/mol. The molecule has 4 aliphatic rings. The number of halogens is 1. The lowest BCUT2D eigenvalue weighted by Crippen LogP contribution is -2.63. The van der Waals surface area contributed by atoms with Crippen molar-refractivity contribution in [3.05, 3.63) is 50.7 Å². The standard InChI is InChI=1S/C29H36FN3O7/c1-28(2,3)11-33-7-6-13-15(10-33)22(34)18-14(20(13)30)8-12-9-16-21(32(4)5)24(36)19(27(31)39)26(38)29(16,40)25(37)17(12)23(18)35/h12,16,21,34,36-37,40H,6-11H2,1-5H3,(H2,31,39)/t12-,16-,21-,29-/m0/s1. The summed E-state index contributed by atoms with van der Waals surface area (Å²) in [7, 11) is 3.11. The molecule has 1 aromatic carbocycles. The number of carbonyl (C=O) groups excluding carboxylic acids is 3. The number of Topliss-reactive ketones (excluding diaryl/α,β-unsaturated/α-hetero) is 2. The van der Waals surface area contributed by atoms with Crippen LogP contribution in [0.15, 0.2) is 22.7 Å². The maximum absolute atomic E-state index is 16.0. The molecular weight excluding hydrogens is 521 g/mol. The average Bonchev–Trinajstić information content (AvgIpc) is 2.83. The number of aliphatic hydroxyl groups is 3. The number of rotatable bonds is 3. The highest BCUT2D eigenvalue weighted by Crippen LogP contribution is 2.53. The van der Waals surface area contributed by atoms with Gasteiger partial charge in [-0.25, -0.2) is 4.39 Å². The van der Waals surface area contributed by atoms with Crippen LogP contribution in [0, 0.1) is 23.1 Å². The summed E-state index contributed by atoms with van der Waals surface area (Å²) in [5, 5.41) is 45.3. The number of phenols is 1. The summed E-state index contributed by atoms with van der Waals surface area (Å²) in [4.78, 5) is 43.0. The van der Waals surface area contributed by atoms with Crippen molar-refractivity contribution in [3.8, 4) is 5.75 Å². The van der Waals surface area contributed by atoms with Gasteiger partial charge >= 0.3 is 0 Å². The van der Waals surface area contributed by atoms with Crippen molar-refractivity contribution in [2.75, 3.05) is 27.2 Å². The molecule has 216 valence electrons. The van der Waals surface area contributed by atoms with Gasteiger partial charge in [-0.2, -0.15) is 0 Å². The third-order valence-corrected chi connectivity index (χ3v) is 8.79. The van der Waals surface area contributed by atoms with Gasteiger partial charge in [-0.05, 0) is 50.3 Å². The summed E-state index contributed by atoms with van der Waals surface area (Å²) in [5.41, 5.74) is 1.87. The van der Waals surface area contributed by atoms with Crippen molar-refractivity contribution >= 4 is 17.5 Å². The number of nitrogens with two attached hydrogens (primary N) is 1. The summed E-state index contributed by atoms with van der Waals surface area (Å²) in [6.07, 6.45) is 0.217. The number of fused-ring (bicyclic) bond motifs is 4. The van der Waals surface area contributed by atoms with E-state index in [0.717, 1.165) is 0 Å². The molecule has 0 bridgehead atoms. The molecule has 6 N–H and O–H groups in total. The van der Waals surface area contributed by atoms with E-state index in [0.29, 0.717) is 30.6 Å². The molecule has 0 saturated heterocycles. The summed E-state index contributed by atoms with van der Waals surface area (Å²) >= 11 is 0. The Morgan fingerprint density at radius 3 is 2.38 bits per heavy atom. The normalized spacial score (nSPS) is 28.9. The molecule has 1 aromatic rings. The predicted octanol–water partition coefficient (Wildman–Crippen LogP) is 1.66. The van der Waals surface area contributed by atoms with E-state index in [1.807, 2.05) is 0 Å². The maximum Gasteiger partial charge on any atom is 0.255 e. The summed E-state index contributed by atoms with van der Waals surface area (Å²) in [5.74, 6) is -7.95. The van der Waals surface area contributed by atoms with E-state index < -0.39 is 63.9 Å². The van der Waals surface area contributed by atoms with Crippen molar-refractivity contribution in [3.63, 3.8) is 0 Å². The number of aromatic hydroxyl groups is 1. The topological polar surface area (TPSA) is 165 Å². The van der Waals surface area contributed by atoms with E-state index in [9.17, 15) is 34.8 Å². The number of carbonyl (C=O) groups is 3. The third-order valence-electron chi connectivity index (χ3n) is 8.79. The van der Waals surface area contributed by atoms with Gasteiger partial charge in [0.05, 0.1) is 11.6 Å². The second-order valence-electron chi connectivity index (χ2n) is 13.0. The Kier molecular flexibility index (Phi) is 6.44. The van der Waals surface area contributed by atoms with E-state index in [1.54, 1.807) is 14.1 Å². The van der Waals surface area contributed by atoms with Gasteiger partial charge in [0.25, 0.3) is 5.91 Å². The van der Waals surface area contributed by atoms with Crippen LogP contribution in [0.25, 0.3) is 0 Å². The fraction of sp³-hybridized carbons (Fsp3) is 0.552. The fourth-order valence-electron chi connectivity index (χ4n) is 7.26. The zero-order chi connectivity index (χ0) is 29.6. The minimum absolute atomic E-state index is 0.0404. The first-order chi connectivity index (χ1) is 18.5. The smallest absolute Gasteiger partial charge is 0.255 e. The highest BCUT2D eigenvalue weighted by atomic mass is 19.1. The number of likely N-dealkylation sites (N-methyl/N-ethyl adjacent to an activating group) is 1. The highest BCUT2D eigenvalue weighted by Gasteiger charge is 2.63.